The van der Waals surface area contributed by atoms with Crippen molar-refractivity contribution in [3.63, 3.8) is 0 Å². The Balaban J connectivity index is 1.91. The van der Waals surface area contributed by atoms with Crippen LogP contribution in [-0.2, 0) is 4.79 Å². The van der Waals surface area contributed by atoms with Crippen LogP contribution in [0.25, 0.3) is 0 Å². The zero-order valence-electron chi connectivity index (χ0n) is 11.2. The summed E-state index contributed by atoms with van der Waals surface area (Å²) in [7, 11) is 0. The van der Waals surface area contributed by atoms with Crippen LogP contribution in [0.5, 0.6) is 0 Å². The highest BCUT2D eigenvalue weighted by Crippen LogP contribution is 2.14. The molecule has 0 aliphatic carbocycles. The molecule has 114 valence electrons. The largest absolute Gasteiger partial charge is 0.343 e. The van der Waals surface area contributed by atoms with Gasteiger partial charge in [-0.05, 0) is 42.5 Å². The van der Waals surface area contributed by atoms with E-state index in [9.17, 15) is 18.4 Å². The molecular weight excluding hydrogens is 358 g/mol. The SMILES string of the molecule is O=C(CNC(=O)c1cc(F)ccc1F)Nc1ccc(Br)cc1. The Labute approximate surface area is 133 Å². The first-order valence-corrected chi connectivity index (χ1v) is 7.03. The molecule has 2 rings (SSSR count). The van der Waals surface area contributed by atoms with E-state index in [-0.39, 0.29) is 6.54 Å². The van der Waals surface area contributed by atoms with Crippen molar-refractivity contribution in [3.05, 3.63) is 64.1 Å². The molecular formula is C15H11BrF2N2O2. The van der Waals surface area contributed by atoms with E-state index in [1.165, 1.54) is 0 Å². The molecule has 0 saturated carbocycles. The zero-order valence-corrected chi connectivity index (χ0v) is 12.8. The lowest BCUT2D eigenvalue weighted by Gasteiger charge is -2.08. The van der Waals surface area contributed by atoms with Gasteiger partial charge in [-0.15, -0.1) is 0 Å². The average Bonchev–Trinajstić information content (AvgIpc) is 2.49. The number of benzene rings is 2. The summed E-state index contributed by atoms with van der Waals surface area (Å²) in [6, 6.07) is 9.38. The van der Waals surface area contributed by atoms with Crippen LogP contribution in [0.15, 0.2) is 46.9 Å². The number of hydrogen-bond donors (Lipinski definition) is 2. The second-order valence-electron chi connectivity index (χ2n) is 4.36. The van der Waals surface area contributed by atoms with Gasteiger partial charge in [0, 0.05) is 10.2 Å². The highest BCUT2D eigenvalue weighted by atomic mass is 79.9. The lowest BCUT2D eigenvalue weighted by atomic mass is 10.2. The molecule has 2 amide bonds. The van der Waals surface area contributed by atoms with Crippen LogP contribution in [0.3, 0.4) is 0 Å². The molecule has 0 unspecified atom stereocenters. The van der Waals surface area contributed by atoms with Gasteiger partial charge in [0.1, 0.15) is 11.6 Å². The molecule has 2 aromatic rings. The van der Waals surface area contributed by atoms with Crippen molar-refractivity contribution < 1.29 is 18.4 Å². The normalized spacial score (nSPS) is 10.1. The standard InChI is InChI=1S/C15H11BrF2N2O2/c16-9-1-4-11(5-2-9)20-14(21)8-19-15(22)12-7-10(17)3-6-13(12)18/h1-7H,8H2,(H,19,22)(H,20,21). The molecule has 0 aromatic heterocycles. The van der Waals surface area contributed by atoms with E-state index in [0.717, 1.165) is 22.7 Å². The maximum Gasteiger partial charge on any atom is 0.254 e. The molecule has 0 spiro atoms. The van der Waals surface area contributed by atoms with Crippen molar-refractivity contribution in [2.24, 2.45) is 0 Å². The predicted octanol–water partition coefficient (Wildman–Crippen LogP) is 3.10. The summed E-state index contributed by atoms with van der Waals surface area (Å²) in [6.07, 6.45) is 0. The molecule has 22 heavy (non-hydrogen) atoms. The summed E-state index contributed by atoms with van der Waals surface area (Å²) in [6.45, 7) is -0.356. The summed E-state index contributed by atoms with van der Waals surface area (Å²) < 4.78 is 27.3. The van der Waals surface area contributed by atoms with Gasteiger partial charge < -0.3 is 10.6 Å². The first-order valence-electron chi connectivity index (χ1n) is 6.24. The van der Waals surface area contributed by atoms with Crippen molar-refractivity contribution >= 4 is 33.4 Å². The minimum Gasteiger partial charge on any atom is -0.343 e. The highest BCUT2D eigenvalue weighted by Gasteiger charge is 2.13. The monoisotopic (exact) mass is 368 g/mol. The van der Waals surface area contributed by atoms with Gasteiger partial charge in [-0.25, -0.2) is 8.78 Å². The molecule has 0 bridgehead atoms. The Morgan fingerprint density at radius 1 is 1.05 bits per heavy atom. The molecule has 0 atom stereocenters. The molecule has 2 N–H and O–H groups in total. The fraction of sp³-hybridized carbons (Fsp3) is 0.0667. The van der Waals surface area contributed by atoms with E-state index in [4.69, 9.17) is 0 Å². The number of carbonyl (C=O) groups excluding carboxylic acids is 2. The first-order chi connectivity index (χ1) is 10.5. The van der Waals surface area contributed by atoms with E-state index in [2.05, 4.69) is 26.6 Å². The van der Waals surface area contributed by atoms with Crippen molar-refractivity contribution in [2.75, 3.05) is 11.9 Å². The quantitative estimate of drug-likeness (QED) is 0.870. The molecule has 0 aliphatic rings. The second-order valence-corrected chi connectivity index (χ2v) is 5.28. The Morgan fingerprint density at radius 2 is 1.73 bits per heavy atom. The number of anilines is 1. The summed E-state index contributed by atoms with van der Waals surface area (Å²) in [4.78, 5) is 23.4. The average molecular weight is 369 g/mol. The molecule has 0 heterocycles. The Kier molecular flexibility index (Phi) is 5.21. The van der Waals surface area contributed by atoms with Gasteiger partial charge >= 0.3 is 0 Å². The first kappa shape index (κ1) is 16.1. The maximum atomic E-state index is 13.4. The van der Waals surface area contributed by atoms with Gasteiger partial charge in [-0.2, -0.15) is 0 Å². The second kappa shape index (κ2) is 7.13. The lowest BCUT2D eigenvalue weighted by Crippen LogP contribution is -2.33. The van der Waals surface area contributed by atoms with Crippen molar-refractivity contribution in [2.45, 2.75) is 0 Å². The summed E-state index contributed by atoms with van der Waals surface area (Å²) in [5.74, 6) is -2.92. The van der Waals surface area contributed by atoms with Crippen molar-refractivity contribution in [1.29, 1.82) is 0 Å². The maximum absolute atomic E-state index is 13.4. The Hall–Kier alpha value is -2.28. The Morgan fingerprint density at radius 3 is 2.41 bits per heavy atom. The summed E-state index contributed by atoms with van der Waals surface area (Å²) >= 11 is 3.26. The van der Waals surface area contributed by atoms with Gasteiger partial charge in [0.2, 0.25) is 5.91 Å². The number of rotatable bonds is 4. The van der Waals surface area contributed by atoms with E-state index >= 15 is 0 Å². The van der Waals surface area contributed by atoms with Gasteiger partial charge in [-0.3, -0.25) is 9.59 Å². The Bertz CT molecular complexity index is 705. The van der Waals surface area contributed by atoms with Crippen molar-refractivity contribution in [3.8, 4) is 0 Å². The fourth-order valence-corrected chi connectivity index (χ4v) is 1.93. The minimum absolute atomic E-state index is 0.356. The number of hydrogen-bond acceptors (Lipinski definition) is 2. The number of halogens is 3. The number of amides is 2. The molecule has 4 nitrogen and oxygen atoms in total. The van der Waals surface area contributed by atoms with Crippen LogP contribution in [0, 0.1) is 11.6 Å². The molecule has 0 saturated heterocycles. The summed E-state index contributed by atoms with van der Waals surface area (Å²) in [5.41, 5.74) is 0.107. The predicted molar refractivity (Wildman–Crippen MR) is 81.5 cm³/mol. The van der Waals surface area contributed by atoms with Gasteiger partial charge in [-0.1, -0.05) is 15.9 Å². The van der Waals surface area contributed by atoms with E-state index < -0.39 is 29.0 Å². The molecule has 2 aromatic carbocycles. The van der Waals surface area contributed by atoms with Crippen LogP contribution in [-0.4, -0.2) is 18.4 Å². The third kappa shape index (κ3) is 4.36. The van der Waals surface area contributed by atoms with Gasteiger partial charge in [0.25, 0.3) is 5.91 Å². The minimum atomic E-state index is -0.858. The van der Waals surface area contributed by atoms with Crippen LogP contribution >= 0.6 is 15.9 Å². The molecule has 0 aliphatic heterocycles. The van der Waals surface area contributed by atoms with Crippen LogP contribution in [0.2, 0.25) is 0 Å². The molecule has 0 fully saturated rings. The molecule has 0 radical (unpaired) electrons. The van der Waals surface area contributed by atoms with Crippen molar-refractivity contribution in [1.82, 2.24) is 5.32 Å². The van der Waals surface area contributed by atoms with Gasteiger partial charge in [0.05, 0.1) is 12.1 Å². The topological polar surface area (TPSA) is 58.2 Å². The zero-order chi connectivity index (χ0) is 16.1. The molecule has 7 heteroatoms. The third-order valence-electron chi connectivity index (χ3n) is 2.71. The lowest BCUT2D eigenvalue weighted by molar-refractivity contribution is -0.115. The smallest absolute Gasteiger partial charge is 0.254 e. The van der Waals surface area contributed by atoms with E-state index in [1.807, 2.05) is 0 Å². The van der Waals surface area contributed by atoms with Gasteiger partial charge in [0.15, 0.2) is 0 Å². The highest BCUT2D eigenvalue weighted by molar-refractivity contribution is 9.10. The summed E-state index contributed by atoms with van der Waals surface area (Å²) in [5, 5.41) is 4.79. The fourth-order valence-electron chi connectivity index (χ4n) is 1.67. The number of carbonyl (C=O) groups is 2. The van der Waals surface area contributed by atoms with Crippen LogP contribution in [0.1, 0.15) is 10.4 Å². The van der Waals surface area contributed by atoms with Crippen LogP contribution in [0.4, 0.5) is 14.5 Å². The van der Waals surface area contributed by atoms with E-state index in [1.54, 1.807) is 24.3 Å². The number of nitrogens with one attached hydrogen (secondary N) is 2. The third-order valence-corrected chi connectivity index (χ3v) is 3.24. The van der Waals surface area contributed by atoms with Crippen LogP contribution < -0.4 is 10.6 Å². The van der Waals surface area contributed by atoms with E-state index in [0.29, 0.717) is 5.69 Å².